The van der Waals surface area contributed by atoms with Crippen molar-refractivity contribution in [2.75, 3.05) is 161 Å². The summed E-state index contributed by atoms with van der Waals surface area (Å²) in [4.78, 5) is 63.4. The third kappa shape index (κ3) is 34.5. The molecule has 8 atom stereocenters. The van der Waals surface area contributed by atoms with Crippen molar-refractivity contribution in [3.05, 3.63) is 280 Å². The summed E-state index contributed by atoms with van der Waals surface area (Å²) >= 11 is 24.8. The van der Waals surface area contributed by atoms with Gasteiger partial charge >= 0.3 is 0 Å². The highest BCUT2D eigenvalue weighted by atomic mass is 35.5. The molecule has 0 aromatic heterocycles. The van der Waals surface area contributed by atoms with Crippen LogP contribution in [0, 0.1) is 46.9 Å². The van der Waals surface area contributed by atoms with E-state index in [-0.39, 0.29) is 96.6 Å². The van der Waals surface area contributed by atoms with E-state index in [2.05, 4.69) is 19.6 Å². The van der Waals surface area contributed by atoms with Gasteiger partial charge in [0, 0.05) is 197 Å². The maximum absolute atomic E-state index is 13.3. The van der Waals surface area contributed by atoms with Gasteiger partial charge in [0.05, 0.1) is 22.4 Å². The molecule has 22 nitrogen and oxygen atoms in total. The minimum atomic E-state index is -1.07. The van der Waals surface area contributed by atoms with Gasteiger partial charge in [-0.1, -0.05) is 119 Å². The van der Waals surface area contributed by atoms with Gasteiger partial charge in [-0.25, -0.2) is 17.6 Å². The second kappa shape index (κ2) is 55.8. The number of piperidine rings is 4. The monoisotopic (exact) mass is 1970 g/mol. The number of amides is 4. The summed E-state index contributed by atoms with van der Waals surface area (Å²) in [7, 11) is 15.7. The van der Waals surface area contributed by atoms with Crippen LogP contribution in [0.25, 0.3) is 0 Å². The van der Waals surface area contributed by atoms with Crippen molar-refractivity contribution >= 4 is 120 Å². The van der Waals surface area contributed by atoms with E-state index in [9.17, 15) is 57.2 Å². The number of aliphatic hydroxyl groups is 4. The highest BCUT2D eigenvalue weighted by Crippen LogP contribution is 2.44. The molecule has 4 heterocycles. The van der Waals surface area contributed by atoms with E-state index in [1.165, 1.54) is 48.5 Å². The van der Waals surface area contributed by atoms with Crippen LogP contribution >= 0.6 is 96.0 Å². The SMILES string of the molecule is CCOCC.CCOCC.CN(C)C[C@@H]1CN(Cc2ccc(F)cc2Cl)CC[C@@]1(O)c1cccc(C(N)=O)c1.CN(C)C[C@@H]1CN(Cc2ccc(F)cc2Cl)CC[C@@]1(O)c1cccc(C(N)=O)c1.CN(C)C[C@H]1CN(Cc2ccc(F)cc2Cl)CC[C@]1(O)c1cccc(C(N)=O)c1.CN(C)C[C@H]1CN(Cc2ccc(F)cc2Cl)CC[C@]1(O)c1cccc(C(N)=O)c1.Cl.Cl.Cl.Cl. The molecule has 34 heteroatoms. The van der Waals surface area contributed by atoms with Gasteiger partial charge in [0.15, 0.2) is 0 Å². The molecule has 8 aromatic carbocycles. The molecule has 12 rings (SSSR count). The first-order valence-corrected chi connectivity index (χ1v) is 44.0. The number of ether oxygens (including phenoxy) is 2. The van der Waals surface area contributed by atoms with Crippen LogP contribution in [0.2, 0.25) is 20.1 Å². The Morgan fingerprint density at radius 1 is 0.338 bits per heavy atom. The maximum atomic E-state index is 13.3. The molecule has 12 N–H and O–H groups in total. The fourth-order valence-corrected chi connectivity index (χ4v) is 17.7. The molecule has 4 aliphatic rings. The van der Waals surface area contributed by atoms with Crippen molar-refractivity contribution in [1.29, 1.82) is 0 Å². The maximum Gasteiger partial charge on any atom is 0.248 e. The Morgan fingerprint density at radius 3 is 0.669 bits per heavy atom. The highest BCUT2D eigenvalue weighted by molar-refractivity contribution is 6.32. The molecule has 0 aliphatic carbocycles. The topological polar surface area (TPSA) is 298 Å². The third-order valence-corrected chi connectivity index (χ3v) is 24.6. The van der Waals surface area contributed by atoms with E-state index in [0.717, 1.165) is 48.7 Å². The lowest BCUT2D eigenvalue weighted by Crippen LogP contribution is -2.52. The lowest BCUT2D eigenvalue weighted by molar-refractivity contribution is -0.0864. The fourth-order valence-electron chi connectivity index (χ4n) is 16.8. The van der Waals surface area contributed by atoms with Gasteiger partial charge in [-0.15, -0.1) is 49.6 Å². The zero-order chi connectivity index (χ0) is 93.0. The molecule has 0 spiro atoms. The van der Waals surface area contributed by atoms with Crippen LogP contribution in [0.15, 0.2) is 170 Å². The summed E-state index contributed by atoms with van der Waals surface area (Å²) in [6.07, 6.45) is 2.03. The first-order valence-electron chi connectivity index (χ1n) is 42.5. The van der Waals surface area contributed by atoms with Crippen LogP contribution < -0.4 is 22.9 Å². The number of hydrogen-bond acceptors (Lipinski definition) is 18. The zero-order valence-corrected chi connectivity index (χ0v) is 82.5. The van der Waals surface area contributed by atoms with Crippen molar-refractivity contribution in [2.45, 2.75) is 102 Å². The van der Waals surface area contributed by atoms with Crippen LogP contribution in [0.1, 0.15) is 139 Å². The molecule has 0 radical (unpaired) electrons. The van der Waals surface area contributed by atoms with E-state index in [1.807, 2.05) is 128 Å². The molecule has 0 unspecified atom stereocenters. The van der Waals surface area contributed by atoms with E-state index in [0.29, 0.717) is 195 Å². The van der Waals surface area contributed by atoms with E-state index >= 15 is 0 Å². The molecule has 4 saturated heterocycles. The fraction of sp³-hybridized carbons (Fsp3) is 0.458. The molecule has 720 valence electrons. The Hall–Kier alpha value is -6.88. The van der Waals surface area contributed by atoms with Crippen LogP contribution in [0.5, 0.6) is 0 Å². The van der Waals surface area contributed by atoms with Gasteiger partial charge in [0.25, 0.3) is 0 Å². The quantitative estimate of drug-likeness (QED) is 0.0211. The Bertz CT molecular complexity index is 4280. The molecule has 0 saturated carbocycles. The number of rotatable bonds is 28. The van der Waals surface area contributed by atoms with E-state index in [4.69, 9.17) is 78.8 Å². The molecular formula is C96H132Cl8F4N12O10. The molecule has 4 aliphatic heterocycles. The number of carbonyl (C=O) groups is 4. The second-order valence-electron chi connectivity index (χ2n) is 33.8. The number of primary amides is 4. The number of halogens is 12. The number of likely N-dealkylation sites (tertiary alicyclic amines) is 4. The van der Waals surface area contributed by atoms with Crippen molar-refractivity contribution in [3.63, 3.8) is 0 Å². The zero-order valence-electron chi connectivity index (χ0n) is 76.2. The summed E-state index contributed by atoms with van der Waals surface area (Å²) in [6, 6.07) is 45.6. The molecule has 130 heavy (non-hydrogen) atoms. The smallest absolute Gasteiger partial charge is 0.248 e. The van der Waals surface area contributed by atoms with Crippen molar-refractivity contribution in [2.24, 2.45) is 46.6 Å². The summed E-state index contributed by atoms with van der Waals surface area (Å²) in [6.45, 7) is 21.5. The Morgan fingerprint density at radius 2 is 0.523 bits per heavy atom. The highest BCUT2D eigenvalue weighted by Gasteiger charge is 2.48. The Kier molecular flexibility index (Phi) is 50.4. The number of nitrogens with two attached hydrogens (primary N) is 4. The van der Waals surface area contributed by atoms with E-state index < -0.39 is 46.0 Å². The standard InChI is InChI=1S/4C22H27ClFN3O2.2C4H10O.4ClH/c4*1-26(2)13-18-14-27(12-16-6-7-19(24)11-20(16)23)9-8-22(18,29)17-5-3-4-15(10-17)21(25)28;2*1-3-5-4-2;;;;/h4*3-7,10-11,18,29H,8-9,12-14H2,1-2H3,(H2,25,28);2*3-4H2,1-2H3;4*1H/t4*18-,22-;;;;;;/m1100....../s1. The van der Waals surface area contributed by atoms with Gasteiger partial charge in [0.1, 0.15) is 23.3 Å². The first kappa shape index (κ1) is 117. The van der Waals surface area contributed by atoms with Crippen LogP contribution in [0.4, 0.5) is 17.6 Å². The van der Waals surface area contributed by atoms with Crippen LogP contribution in [-0.2, 0) is 58.1 Å². The number of carbonyl (C=O) groups excluding carboxylic acids is 4. The molecule has 4 amide bonds. The van der Waals surface area contributed by atoms with Crippen LogP contribution in [0.3, 0.4) is 0 Å². The van der Waals surface area contributed by atoms with Gasteiger partial charge in [-0.05, 0) is 251 Å². The number of hydrogen-bond donors (Lipinski definition) is 8. The van der Waals surface area contributed by atoms with Crippen molar-refractivity contribution < 1.29 is 66.6 Å². The second-order valence-corrected chi connectivity index (χ2v) is 35.4. The number of nitrogens with zero attached hydrogens (tertiary/aromatic N) is 8. The third-order valence-electron chi connectivity index (χ3n) is 23.2. The lowest BCUT2D eigenvalue weighted by atomic mass is 9.75. The van der Waals surface area contributed by atoms with E-state index in [1.54, 1.807) is 97.1 Å². The van der Waals surface area contributed by atoms with Gasteiger partial charge in [-0.2, -0.15) is 0 Å². The summed E-state index contributed by atoms with van der Waals surface area (Å²) in [5.74, 6) is -3.82. The Balaban J connectivity index is 0.000000426. The molecular weight excluding hydrogens is 1840 g/mol. The molecule has 4 fully saturated rings. The van der Waals surface area contributed by atoms with Gasteiger partial charge in [-0.3, -0.25) is 38.8 Å². The average Bonchev–Trinajstić information content (AvgIpc) is 0.785. The van der Waals surface area contributed by atoms with Gasteiger partial charge in [0.2, 0.25) is 23.6 Å². The van der Waals surface area contributed by atoms with Crippen molar-refractivity contribution in [1.82, 2.24) is 39.2 Å². The molecule has 0 bridgehead atoms. The predicted octanol–water partition coefficient (Wildman–Crippen LogP) is 15.2. The average molecular weight is 1970 g/mol. The Labute approximate surface area is 809 Å². The predicted molar refractivity (Wildman–Crippen MR) is 522 cm³/mol. The van der Waals surface area contributed by atoms with Crippen molar-refractivity contribution in [3.8, 4) is 0 Å². The largest absolute Gasteiger partial charge is 0.385 e. The minimum Gasteiger partial charge on any atom is -0.385 e. The summed E-state index contributed by atoms with van der Waals surface area (Å²) in [5, 5.41) is 48.2. The van der Waals surface area contributed by atoms with Crippen LogP contribution in [-0.4, -0.2) is 245 Å². The summed E-state index contributed by atoms with van der Waals surface area (Å²) < 4.78 is 63.0. The number of benzene rings is 8. The normalized spacial score (nSPS) is 21.0. The van der Waals surface area contributed by atoms with Gasteiger partial charge < -0.3 is 72.4 Å². The summed E-state index contributed by atoms with van der Waals surface area (Å²) in [5.41, 5.74) is 25.3. The lowest BCUT2D eigenvalue weighted by Gasteiger charge is -2.46. The molecule has 8 aromatic rings. The first-order chi connectivity index (χ1) is 59.6. The minimum absolute atomic E-state index is 0.